The average molecular weight is 249 g/mol. The van der Waals surface area contributed by atoms with E-state index >= 15 is 0 Å². The summed E-state index contributed by atoms with van der Waals surface area (Å²) in [6.45, 7) is 2.14. The van der Waals surface area contributed by atoms with Gasteiger partial charge in [0.25, 0.3) is 0 Å². The fourth-order valence-electron chi connectivity index (χ4n) is 2.01. The van der Waals surface area contributed by atoms with Gasteiger partial charge in [-0.25, -0.2) is 5.06 Å². The number of hydrogen-bond acceptors (Lipinski definition) is 2. The van der Waals surface area contributed by atoms with Crippen molar-refractivity contribution >= 4 is 5.91 Å². The number of hydroxylamine groups is 2. The zero-order chi connectivity index (χ0) is 13.4. The highest BCUT2D eigenvalue weighted by Gasteiger charge is 2.22. The second-order valence-electron chi connectivity index (χ2n) is 4.55. The summed E-state index contributed by atoms with van der Waals surface area (Å²) < 4.78 is 0. The summed E-state index contributed by atoms with van der Waals surface area (Å²) in [5.41, 5.74) is 1.21. The fourth-order valence-corrected chi connectivity index (χ4v) is 2.01. The van der Waals surface area contributed by atoms with E-state index in [4.69, 9.17) is 4.84 Å². The molecule has 0 saturated carbocycles. The van der Waals surface area contributed by atoms with E-state index in [1.165, 1.54) is 17.7 Å². The van der Waals surface area contributed by atoms with Crippen molar-refractivity contribution in [3.8, 4) is 0 Å². The zero-order valence-corrected chi connectivity index (χ0v) is 11.6. The molecule has 0 aliphatic rings. The minimum absolute atomic E-state index is 0.0114. The Hall–Kier alpha value is -1.35. The van der Waals surface area contributed by atoms with Gasteiger partial charge in [0.2, 0.25) is 5.91 Å². The van der Waals surface area contributed by atoms with E-state index in [9.17, 15) is 4.79 Å². The highest BCUT2D eigenvalue weighted by Crippen LogP contribution is 2.17. The quantitative estimate of drug-likeness (QED) is 0.695. The van der Waals surface area contributed by atoms with Crippen LogP contribution in [-0.4, -0.2) is 25.1 Å². The first-order valence-electron chi connectivity index (χ1n) is 6.54. The molecule has 1 rings (SSSR count). The van der Waals surface area contributed by atoms with E-state index in [2.05, 4.69) is 19.1 Å². The van der Waals surface area contributed by atoms with E-state index in [1.54, 1.807) is 7.05 Å². The van der Waals surface area contributed by atoms with E-state index in [-0.39, 0.29) is 11.8 Å². The van der Waals surface area contributed by atoms with Gasteiger partial charge < -0.3 is 0 Å². The van der Waals surface area contributed by atoms with E-state index in [0.29, 0.717) is 0 Å². The SMILES string of the molecule is CCCC[C@@H](Cc1ccccc1)C(=O)N(C)OC. The molecule has 0 saturated heterocycles. The van der Waals surface area contributed by atoms with Crippen LogP contribution in [0.4, 0.5) is 0 Å². The molecule has 0 heterocycles. The molecule has 3 nitrogen and oxygen atoms in total. The first-order chi connectivity index (χ1) is 8.69. The van der Waals surface area contributed by atoms with Crippen molar-refractivity contribution in [3.05, 3.63) is 35.9 Å². The number of amides is 1. The lowest BCUT2D eigenvalue weighted by Crippen LogP contribution is -2.33. The van der Waals surface area contributed by atoms with E-state index < -0.39 is 0 Å². The molecule has 1 amide bonds. The predicted molar refractivity (Wildman–Crippen MR) is 72.9 cm³/mol. The van der Waals surface area contributed by atoms with Gasteiger partial charge in [0.15, 0.2) is 0 Å². The van der Waals surface area contributed by atoms with Gasteiger partial charge in [0.05, 0.1) is 7.11 Å². The Morgan fingerprint density at radius 2 is 2.00 bits per heavy atom. The van der Waals surface area contributed by atoms with Gasteiger partial charge >= 0.3 is 0 Å². The molecular weight excluding hydrogens is 226 g/mol. The Bertz CT molecular complexity index is 351. The van der Waals surface area contributed by atoms with Crippen LogP contribution in [0.2, 0.25) is 0 Å². The summed E-state index contributed by atoms with van der Waals surface area (Å²) in [7, 11) is 3.20. The first kappa shape index (κ1) is 14.7. The Kier molecular flexibility index (Phi) is 6.44. The molecule has 0 unspecified atom stereocenters. The summed E-state index contributed by atoms with van der Waals surface area (Å²) in [5.74, 6) is 0.0760. The van der Waals surface area contributed by atoms with Crippen LogP contribution in [0, 0.1) is 5.92 Å². The third-order valence-electron chi connectivity index (χ3n) is 3.16. The molecule has 0 N–H and O–H groups in total. The van der Waals surface area contributed by atoms with Crippen molar-refractivity contribution in [2.75, 3.05) is 14.2 Å². The maximum Gasteiger partial charge on any atom is 0.249 e. The van der Waals surface area contributed by atoms with Crippen molar-refractivity contribution in [3.63, 3.8) is 0 Å². The molecule has 0 spiro atoms. The Morgan fingerprint density at radius 3 is 2.56 bits per heavy atom. The Labute approximate surface area is 110 Å². The van der Waals surface area contributed by atoms with Crippen molar-refractivity contribution in [2.45, 2.75) is 32.6 Å². The normalized spacial score (nSPS) is 12.2. The van der Waals surface area contributed by atoms with Crippen LogP contribution < -0.4 is 0 Å². The topological polar surface area (TPSA) is 29.5 Å². The standard InChI is InChI=1S/C15H23NO2/c1-4-5-11-14(15(17)16(2)18-3)12-13-9-7-6-8-10-13/h6-10,14H,4-5,11-12H2,1-3H3/t14-/m0/s1. The van der Waals surface area contributed by atoms with Crippen LogP contribution in [0.1, 0.15) is 31.7 Å². The summed E-state index contributed by atoms with van der Waals surface area (Å²) >= 11 is 0. The van der Waals surface area contributed by atoms with Crippen LogP contribution in [0.15, 0.2) is 30.3 Å². The lowest BCUT2D eigenvalue weighted by atomic mass is 9.93. The zero-order valence-electron chi connectivity index (χ0n) is 11.6. The summed E-state index contributed by atoms with van der Waals surface area (Å²) in [5, 5.41) is 1.34. The number of hydrogen-bond donors (Lipinski definition) is 0. The van der Waals surface area contributed by atoms with Gasteiger partial charge in [-0.2, -0.15) is 0 Å². The van der Waals surface area contributed by atoms with Crippen LogP contribution in [-0.2, 0) is 16.1 Å². The molecule has 0 aliphatic carbocycles. The van der Waals surface area contributed by atoms with Crippen LogP contribution in [0.5, 0.6) is 0 Å². The Morgan fingerprint density at radius 1 is 1.33 bits per heavy atom. The fraction of sp³-hybridized carbons (Fsp3) is 0.533. The van der Waals surface area contributed by atoms with Crippen molar-refractivity contribution in [2.24, 2.45) is 5.92 Å². The number of carbonyl (C=O) groups excluding carboxylic acids is 1. The molecule has 1 aromatic rings. The van der Waals surface area contributed by atoms with Gasteiger partial charge in [-0.3, -0.25) is 9.63 Å². The Balaban J connectivity index is 2.69. The van der Waals surface area contributed by atoms with E-state index in [0.717, 1.165) is 25.7 Å². The number of rotatable bonds is 7. The van der Waals surface area contributed by atoms with Crippen LogP contribution >= 0.6 is 0 Å². The molecule has 0 radical (unpaired) electrons. The lowest BCUT2D eigenvalue weighted by Gasteiger charge is -2.21. The monoisotopic (exact) mass is 249 g/mol. The van der Waals surface area contributed by atoms with Crippen LogP contribution in [0.25, 0.3) is 0 Å². The third kappa shape index (κ3) is 4.49. The minimum Gasteiger partial charge on any atom is -0.275 e. The van der Waals surface area contributed by atoms with Gasteiger partial charge in [-0.15, -0.1) is 0 Å². The number of carbonyl (C=O) groups is 1. The summed E-state index contributed by atoms with van der Waals surface area (Å²) in [6, 6.07) is 10.2. The molecule has 1 atom stereocenters. The van der Waals surface area contributed by atoms with Crippen molar-refractivity contribution in [1.29, 1.82) is 0 Å². The van der Waals surface area contributed by atoms with Gasteiger partial charge in [-0.05, 0) is 18.4 Å². The maximum atomic E-state index is 12.2. The third-order valence-corrected chi connectivity index (χ3v) is 3.16. The smallest absolute Gasteiger partial charge is 0.249 e. The minimum atomic E-state index is 0.0114. The predicted octanol–water partition coefficient (Wildman–Crippen LogP) is 3.06. The molecule has 0 aromatic heterocycles. The average Bonchev–Trinajstić information content (AvgIpc) is 2.42. The highest BCUT2D eigenvalue weighted by atomic mass is 16.7. The van der Waals surface area contributed by atoms with Crippen molar-refractivity contribution in [1.82, 2.24) is 5.06 Å². The largest absolute Gasteiger partial charge is 0.275 e. The molecule has 1 aromatic carbocycles. The molecule has 0 bridgehead atoms. The van der Waals surface area contributed by atoms with Gasteiger partial charge in [0, 0.05) is 13.0 Å². The highest BCUT2D eigenvalue weighted by molar-refractivity contribution is 5.77. The molecule has 0 fully saturated rings. The number of nitrogens with zero attached hydrogens (tertiary/aromatic N) is 1. The summed E-state index contributed by atoms with van der Waals surface area (Å²) in [4.78, 5) is 17.2. The second kappa shape index (κ2) is 7.88. The molecule has 18 heavy (non-hydrogen) atoms. The number of benzene rings is 1. The second-order valence-corrected chi connectivity index (χ2v) is 4.55. The number of unbranched alkanes of at least 4 members (excludes halogenated alkanes) is 1. The molecule has 0 aliphatic heterocycles. The molecule has 3 heteroatoms. The lowest BCUT2D eigenvalue weighted by molar-refractivity contribution is -0.173. The first-order valence-corrected chi connectivity index (χ1v) is 6.54. The molecule has 100 valence electrons. The maximum absolute atomic E-state index is 12.2. The van der Waals surface area contributed by atoms with Gasteiger partial charge in [-0.1, -0.05) is 50.1 Å². The van der Waals surface area contributed by atoms with Crippen LogP contribution in [0.3, 0.4) is 0 Å². The van der Waals surface area contributed by atoms with Gasteiger partial charge in [0.1, 0.15) is 0 Å². The molecular formula is C15H23NO2. The summed E-state index contributed by atoms with van der Waals surface area (Å²) in [6.07, 6.45) is 3.88. The van der Waals surface area contributed by atoms with E-state index in [1.807, 2.05) is 18.2 Å². The van der Waals surface area contributed by atoms with Crippen molar-refractivity contribution < 1.29 is 9.63 Å².